The second kappa shape index (κ2) is 6.63. The Labute approximate surface area is 103 Å². The summed E-state index contributed by atoms with van der Waals surface area (Å²) in [5.74, 6) is -0.201. The van der Waals surface area contributed by atoms with Gasteiger partial charge in [0.1, 0.15) is 6.67 Å². The van der Waals surface area contributed by atoms with Gasteiger partial charge >= 0.3 is 5.97 Å². The Balaban J connectivity index is 2.55. The molecule has 1 aromatic rings. The van der Waals surface area contributed by atoms with E-state index in [9.17, 15) is 9.18 Å². The van der Waals surface area contributed by atoms with Gasteiger partial charge in [-0.25, -0.2) is 4.39 Å². The van der Waals surface area contributed by atoms with E-state index >= 15 is 0 Å². The van der Waals surface area contributed by atoms with Gasteiger partial charge in [0, 0.05) is 10.9 Å². The van der Waals surface area contributed by atoms with Crippen molar-refractivity contribution in [2.24, 2.45) is 0 Å². The molecule has 0 saturated heterocycles. The van der Waals surface area contributed by atoms with Gasteiger partial charge in [-0.05, 0) is 30.5 Å². The van der Waals surface area contributed by atoms with Crippen molar-refractivity contribution in [3.63, 3.8) is 0 Å². The maximum Gasteiger partial charge on any atom is 0.306 e. The van der Waals surface area contributed by atoms with E-state index in [1.54, 1.807) is 13.0 Å². The van der Waals surface area contributed by atoms with E-state index in [-0.39, 0.29) is 5.97 Å². The van der Waals surface area contributed by atoms with Gasteiger partial charge in [-0.3, -0.25) is 4.79 Å². The van der Waals surface area contributed by atoms with Crippen LogP contribution in [0.15, 0.2) is 22.7 Å². The molecule has 0 spiro atoms. The van der Waals surface area contributed by atoms with Crippen LogP contribution in [0.1, 0.15) is 24.5 Å². The minimum Gasteiger partial charge on any atom is -0.466 e. The normalized spacial score (nSPS) is 10.2. The molecule has 0 saturated carbocycles. The third-order valence-corrected chi connectivity index (χ3v) is 2.92. The Kier molecular flexibility index (Phi) is 5.46. The highest BCUT2D eigenvalue weighted by Gasteiger charge is 2.05. The van der Waals surface area contributed by atoms with Crippen molar-refractivity contribution in [1.82, 2.24) is 0 Å². The van der Waals surface area contributed by atoms with Crippen LogP contribution in [-0.2, 0) is 22.6 Å². The molecule has 0 aromatic heterocycles. The van der Waals surface area contributed by atoms with Crippen molar-refractivity contribution in [2.75, 3.05) is 6.61 Å². The molecule has 0 radical (unpaired) electrons. The van der Waals surface area contributed by atoms with Crippen LogP contribution in [0.4, 0.5) is 4.39 Å². The standard InChI is InChI=1S/C12H14BrFO2/c1-2-16-12(15)6-4-9-3-5-10(8-14)11(13)7-9/h3,5,7H,2,4,6,8H2,1H3. The van der Waals surface area contributed by atoms with Crippen molar-refractivity contribution in [3.8, 4) is 0 Å². The molecule has 4 heteroatoms. The predicted molar refractivity (Wildman–Crippen MR) is 63.9 cm³/mol. The van der Waals surface area contributed by atoms with Crippen LogP contribution in [-0.4, -0.2) is 12.6 Å². The minimum absolute atomic E-state index is 0.201. The first kappa shape index (κ1) is 13.2. The van der Waals surface area contributed by atoms with Crippen molar-refractivity contribution < 1.29 is 13.9 Å². The van der Waals surface area contributed by atoms with Gasteiger partial charge < -0.3 is 4.74 Å². The van der Waals surface area contributed by atoms with Crippen LogP contribution in [0.2, 0.25) is 0 Å². The number of rotatable bonds is 5. The van der Waals surface area contributed by atoms with Crippen molar-refractivity contribution in [2.45, 2.75) is 26.4 Å². The molecule has 0 atom stereocenters. The highest BCUT2D eigenvalue weighted by atomic mass is 79.9. The number of halogens is 2. The topological polar surface area (TPSA) is 26.3 Å². The van der Waals surface area contributed by atoms with Crippen molar-refractivity contribution in [3.05, 3.63) is 33.8 Å². The molecule has 88 valence electrons. The molecule has 1 rings (SSSR count). The average Bonchev–Trinajstić information content (AvgIpc) is 2.27. The molecule has 0 amide bonds. The van der Waals surface area contributed by atoms with E-state index in [0.29, 0.717) is 25.0 Å². The van der Waals surface area contributed by atoms with Crippen LogP contribution < -0.4 is 0 Å². The summed E-state index contributed by atoms with van der Waals surface area (Å²) in [4.78, 5) is 11.1. The van der Waals surface area contributed by atoms with Crippen LogP contribution >= 0.6 is 15.9 Å². The van der Waals surface area contributed by atoms with E-state index in [4.69, 9.17) is 4.74 Å². The Morgan fingerprint density at radius 2 is 2.25 bits per heavy atom. The number of carbonyl (C=O) groups excluding carboxylic acids is 1. The Hall–Kier alpha value is -0.900. The van der Waals surface area contributed by atoms with E-state index in [2.05, 4.69) is 15.9 Å². The summed E-state index contributed by atoms with van der Waals surface area (Å²) in [6, 6.07) is 5.40. The summed E-state index contributed by atoms with van der Waals surface area (Å²) in [6.07, 6.45) is 0.971. The lowest BCUT2D eigenvalue weighted by Gasteiger charge is -2.05. The SMILES string of the molecule is CCOC(=O)CCc1ccc(CF)c(Br)c1. The third-order valence-electron chi connectivity index (χ3n) is 2.18. The number of alkyl halides is 1. The number of aryl methyl sites for hydroxylation is 1. The van der Waals surface area contributed by atoms with E-state index in [0.717, 1.165) is 10.0 Å². The molecule has 0 fully saturated rings. The molecule has 0 aliphatic carbocycles. The smallest absolute Gasteiger partial charge is 0.306 e. The fourth-order valence-corrected chi connectivity index (χ4v) is 1.87. The summed E-state index contributed by atoms with van der Waals surface area (Å²) in [5, 5.41) is 0. The molecular weight excluding hydrogens is 275 g/mol. The molecule has 1 aromatic carbocycles. The fraction of sp³-hybridized carbons (Fsp3) is 0.417. The molecule has 0 aliphatic heterocycles. The van der Waals surface area contributed by atoms with Crippen LogP contribution in [0.3, 0.4) is 0 Å². The highest BCUT2D eigenvalue weighted by molar-refractivity contribution is 9.10. The third kappa shape index (κ3) is 3.93. The second-order valence-electron chi connectivity index (χ2n) is 3.36. The molecule has 2 nitrogen and oxygen atoms in total. The monoisotopic (exact) mass is 288 g/mol. The van der Waals surface area contributed by atoms with Gasteiger partial charge in [0.15, 0.2) is 0 Å². The van der Waals surface area contributed by atoms with Gasteiger partial charge in [-0.15, -0.1) is 0 Å². The minimum atomic E-state index is -0.487. The van der Waals surface area contributed by atoms with Gasteiger partial charge in [-0.1, -0.05) is 28.1 Å². The molecule has 0 unspecified atom stereocenters. The lowest BCUT2D eigenvalue weighted by atomic mass is 10.1. The number of ether oxygens (including phenoxy) is 1. The summed E-state index contributed by atoms with van der Waals surface area (Å²) in [6.45, 7) is 1.70. The number of carbonyl (C=O) groups is 1. The number of benzene rings is 1. The van der Waals surface area contributed by atoms with Crippen molar-refractivity contribution >= 4 is 21.9 Å². The summed E-state index contributed by atoms with van der Waals surface area (Å²) in [5.41, 5.74) is 1.62. The van der Waals surface area contributed by atoms with Crippen LogP contribution in [0.5, 0.6) is 0 Å². The average molecular weight is 289 g/mol. The largest absolute Gasteiger partial charge is 0.466 e. The van der Waals surface area contributed by atoms with E-state index < -0.39 is 6.67 Å². The molecule has 0 heterocycles. The van der Waals surface area contributed by atoms with E-state index in [1.165, 1.54) is 0 Å². The van der Waals surface area contributed by atoms with E-state index in [1.807, 2.05) is 12.1 Å². The van der Waals surface area contributed by atoms with Crippen LogP contribution in [0.25, 0.3) is 0 Å². The summed E-state index contributed by atoms with van der Waals surface area (Å²) >= 11 is 3.29. The van der Waals surface area contributed by atoms with Gasteiger partial charge in [0.25, 0.3) is 0 Å². The first-order chi connectivity index (χ1) is 7.67. The number of hydrogen-bond acceptors (Lipinski definition) is 2. The first-order valence-corrected chi connectivity index (χ1v) is 5.95. The summed E-state index contributed by atoms with van der Waals surface area (Å²) < 4.78 is 18.0. The van der Waals surface area contributed by atoms with Crippen LogP contribution in [0, 0.1) is 0 Å². The zero-order valence-electron chi connectivity index (χ0n) is 9.13. The van der Waals surface area contributed by atoms with Gasteiger partial charge in [-0.2, -0.15) is 0 Å². The number of esters is 1. The molecule has 0 aliphatic rings. The zero-order valence-corrected chi connectivity index (χ0v) is 10.7. The maximum atomic E-state index is 12.4. The zero-order chi connectivity index (χ0) is 12.0. The maximum absolute atomic E-state index is 12.4. The molecule has 16 heavy (non-hydrogen) atoms. The molecule has 0 bridgehead atoms. The first-order valence-electron chi connectivity index (χ1n) is 5.16. The lowest BCUT2D eigenvalue weighted by molar-refractivity contribution is -0.143. The number of hydrogen-bond donors (Lipinski definition) is 0. The molecule has 0 N–H and O–H groups in total. The lowest BCUT2D eigenvalue weighted by Crippen LogP contribution is -2.05. The van der Waals surface area contributed by atoms with Crippen molar-refractivity contribution in [1.29, 1.82) is 0 Å². The second-order valence-corrected chi connectivity index (χ2v) is 4.22. The highest BCUT2D eigenvalue weighted by Crippen LogP contribution is 2.20. The summed E-state index contributed by atoms with van der Waals surface area (Å²) in [7, 11) is 0. The Morgan fingerprint density at radius 1 is 1.50 bits per heavy atom. The quantitative estimate of drug-likeness (QED) is 0.776. The Bertz CT molecular complexity index is 366. The predicted octanol–water partition coefficient (Wildman–Crippen LogP) is 3.41. The molecular formula is C12H14BrFO2. The fourth-order valence-electron chi connectivity index (χ4n) is 1.33. The Morgan fingerprint density at radius 3 is 2.81 bits per heavy atom. The van der Waals surface area contributed by atoms with Gasteiger partial charge in [0.05, 0.1) is 6.61 Å². The van der Waals surface area contributed by atoms with Gasteiger partial charge in [0.2, 0.25) is 0 Å².